The zero-order valence-corrected chi connectivity index (χ0v) is 11.1. The zero-order valence-electron chi connectivity index (χ0n) is 11.1. The van der Waals surface area contributed by atoms with Gasteiger partial charge in [0, 0.05) is 13.1 Å². The van der Waals surface area contributed by atoms with E-state index >= 15 is 0 Å². The molecule has 1 saturated heterocycles. The van der Waals surface area contributed by atoms with Crippen molar-refractivity contribution in [2.24, 2.45) is 0 Å². The molecule has 0 bridgehead atoms. The number of hydrogen-bond donors (Lipinski definition) is 4. The van der Waals surface area contributed by atoms with Crippen LogP contribution in [0.15, 0.2) is 24.3 Å². The number of hydrogen-bond acceptors (Lipinski definition) is 5. The summed E-state index contributed by atoms with van der Waals surface area (Å²) in [6.07, 6.45) is -2.86. The molecule has 1 heterocycles. The Morgan fingerprint density at radius 1 is 1.10 bits per heavy atom. The van der Waals surface area contributed by atoms with E-state index in [1.165, 1.54) is 12.1 Å². The fourth-order valence-electron chi connectivity index (χ4n) is 2.56. The Kier molecular flexibility index (Phi) is 5.06. The van der Waals surface area contributed by atoms with Crippen molar-refractivity contribution >= 4 is 0 Å². The van der Waals surface area contributed by atoms with Crippen molar-refractivity contribution in [3.8, 4) is 0 Å². The first-order valence-electron chi connectivity index (χ1n) is 6.66. The molecule has 0 unspecified atom stereocenters. The zero-order chi connectivity index (χ0) is 14.7. The minimum atomic E-state index is -1.24. The predicted octanol–water partition coefficient (Wildman–Crippen LogP) is -0.873. The molecule has 20 heavy (non-hydrogen) atoms. The van der Waals surface area contributed by atoms with Crippen LogP contribution < -0.4 is 0 Å². The van der Waals surface area contributed by atoms with Crippen molar-refractivity contribution in [1.29, 1.82) is 0 Å². The van der Waals surface area contributed by atoms with E-state index in [4.69, 9.17) is 0 Å². The van der Waals surface area contributed by atoms with Gasteiger partial charge in [-0.15, -0.1) is 0 Å². The molecule has 5 nitrogen and oxygen atoms in total. The van der Waals surface area contributed by atoms with Crippen LogP contribution >= 0.6 is 0 Å². The van der Waals surface area contributed by atoms with Gasteiger partial charge in [0.1, 0.15) is 18.0 Å². The molecule has 112 valence electrons. The molecule has 1 aromatic carbocycles. The van der Waals surface area contributed by atoms with Gasteiger partial charge in [-0.25, -0.2) is 4.39 Å². The molecule has 4 N–H and O–H groups in total. The second-order valence-corrected chi connectivity index (χ2v) is 5.17. The van der Waals surface area contributed by atoms with Gasteiger partial charge in [0.05, 0.1) is 18.8 Å². The van der Waals surface area contributed by atoms with Gasteiger partial charge in [0.25, 0.3) is 0 Å². The Balaban J connectivity index is 1.98. The second-order valence-electron chi connectivity index (χ2n) is 5.17. The van der Waals surface area contributed by atoms with Crippen LogP contribution in [-0.2, 0) is 6.42 Å². The predicted molar refractivity (Wildman–Crippen MR) is 70.6 cm³/mol. The smallest absolute Gasteiger partial charge is 0.123 e. The van der Waals surface area contributed by atoms with Crippen LogP contribution in [0.3, 0.4) is 0 Å². The lowest BCUT2D eigenvalue weighted by atomic mass is 9.94. The Hall–Kier alpha value is -1.05. The van der Waals surface area contributed by atoms with Crippen LogP contribution in [0, 0.1) is 5.82 Å². The summed E-state index contributed by atoms with van der Waals surface area (Å²) in [5.74, 6) is -0.297. The average Bonchev–Trinajstić information content (AvgIpc) is 2.44. The molecule has 1 aliphatic rings. The first-order chi connectivity index (χ1) is 9.52. The summed E-state index contributed by atoms with van der Waals surface area (Å²) < 4.78 is 12.8. The van der Waals surface area contributed by atoms with Gasteiger partial charge in [0.15, 0.2) is 0 Å². The van der Waals surface area contributed by atoms with Gasteiger partial charge in [0.2, 0.25) is 0 Å². The first-order valence-corrected chi connectivity index (χ1v) is 6.66. The number of benzene rings is 1. The topological polar surface area (TPSA) is 84.2 Å². The molecule has 0 aliphatic carbocycles. The normalized spacial score (nSPS) is 31.4. The third-order valence-corrected chi connectivity index (χ3v) is 3.82. The summed E-state index contributed by atoms with van der Waals surface area (Å²) in [6.45, 7) is 0.386. The summed E-state index contributed by atoms with van der Waals surface area (Å²) in [6, 6.07) is 5.50. The highest BCUT2D eigenvalue weighted by Gasteiger charge is 2.40. The van der Waals surface area contributed by atoms with Crippen molar-refractivity contribution in [2.45, 2.75) is 30.8 Å². The van der Waals surface area contributed by atoms with Crippen LogP contribution in [0.4, 0.5) is 4.39 Å². The minimum Gasteiger partial charge on any atom is -0.395 e. The molecular weight excluding hydrogens is 265 g/mol. The molecule has 0 spiro atoms. The average molecular weight is 285 g/mol. The van der Waals surface area contributed by atoms with Gasteiger partial charge in [-0.3, -0.25) is 4.90 Å². The van der Waals surface area contributed by atoms with E-state index < -0.39 is 24.4 Å². The highest BCUT2D eigenvalue weighted by molar-refractivity contribution is 5.16. The molecule has 2 rings (SSSR count). The van der Waals surface area contributed by atoms with Gasteiger partial charge >= 0.3 is 0 Å². The number of piperidine rings is 1. The second kappa shape index (κ2) is 6.60. The number of β-amino-alcohol motifs (C(OH)–C–C–N with tert-alkyl or cyclic N) is 1. The lowest BCUT2D eigenvalue weighted by Gasteiger charge is -2.43. The van der Waals surface area contributed by atoms with Crippen molar-refractivity contribution in [2.75, 3.05) is 19.7 Å². The molecule has 1 fully saturated rings. The summed E-state index contributed by atoms with van der Waals surface area (Å²) in [7, 11) is 0. The third kappa shape index (κ3) is 3.34. The Morgan fingerprint density at radius 2 is 1.75 bits per heavy atom. The van der Waals surface area contributed by atoms with E-state index in [-0.39, 0.29) is 19.0 Å². The van der Waals surface area contributed by atoms with E-state index in [0.29, 0.717) is 13.0 Å². The maximum atomic E-state index is 12.8. The van der Waals surface area contributed by atoms with Crippen molar-refractivity contribution in [1.82, 2.24) is 4.90 Å². The standard InChI is InChI=1S/C14H20FNO4/c15-10-3-1-9(2-4-10)5-6-16-7-12(18)14(20)13(19)11(16)8-17/h1-4,11-14,17-20H,5-8H2/t11-,12-,13+,14+/m0/s1. The Labute approximate surface area is 116 Å². The SMILES string of the molecule is OC[C@H]1[C@@H](O)[C@H](O)[C@@H](O)CN1CCc1ccc(F)cc1. The highest BCUT2D eigenvalue weighted by atomic mass is 19.1. The number of likely N-dealkylation sites (tertiary alicyclic amines) is 1. The number of nitrogens with zero attached hydrogens (tertiary/aromatic N) is 1. The molecule has 1 aromatic rings. The Morgan fingerprint density at radius 3 is 2.35 bits per heavy atom. The van der Waals surface area contributed by atoms with Gasteiger partial charge in [-0.1, -0.05) is 12.1 Å². The summed E-state index contributed by atoms with van der Waals surface area (Å²) in [5.41, 5.74) is 0.929. The molecule has 0 amide bonds. The lowest BCUT2D eigenvalue weighted by Crippen LogP contribution is -2.62. The number of rotatable bonds is 4. The number of halogens is 1. The first kappa shape index (κ1) is 15.3. The monoisotopic (exact) mass is 285 g/mol. The Bertz CT molecular complexity index is 428. The summed E-state index contributed by atoms with van der Waals surface area (Å²) >= 11 is 0. The molecule has 4 atom stereocenters. The van der Waals surface area contributed by atoms with Crippen molar-refractivity contribution < 1.29 is 24.8 Å². The molecule has 0 saturated carbocycles. The van der Waals surface area contributed by atoms with Crippen molar-refractivity contribution in [3.63, 3.8) is 0 Å². The summed E-state index contributed by atoms with van der Waals surface area (Å²) in [4.78, 5) is 1.74. The van der Waals surface area contributed by atoms with E-state index in [1.807, 2.05) is 0 Å². The van der Waals surface area contributed by atoms with E-state index in [1.54, 1.807) is 17.0 Å². The van der Waals surface area contributed by atoms with Crippen LogP contribution in [0.1, 0.15) is 5.56 Å². The van der Waals surface area contributed by atoms with Gasteiger partial charge in [-0.2, -0.15) is 0 Å². The third-order valence-electron chi connectivity index (χ3n) is 3.82. The van der Waals surface area contributed by atoms with Crippen molar-refractivity contribution in [3.05, 3.63) is 35.6 Å². The quantitative estimate of drug-likeness (QED) is 0.578. The minimum absolute atomic E-state index is 0.185. The molecule has 6 heteroatoms. The van der Waals surface area contributed by atoms with Crippen LogP contribution in [-0.4, -0.2) is 69.4 Å². The fourth-order valence-corrected chi connectivity index (χ4v) is 2.56. The number of aliphatic hydroxyl groups is 4. The maximum absolute atomic E-state index is 12.8. The molecule has 0 radical (unpaired) electrons. The number of aliphatic hydroxyl groups excluding tert-OH is 4. The molecular formula is C14H20FNO4. The van der Waals surface area contributed by atoms with Crippen LogP contribution in [0.2, 0.25) is 0 Å². The highest BCUT2D eigenvalue weighted by Crippen LogP contribution is 2.19. The molecule has 1 aliphatic heterocycles. The summed E-state index contributed by atoms with van der Waals surface area (Å²) in [5, 5.41) is 38.5. The van der Waals surface area contributed by atoms with Crippen LogP contribution in [0.5, 0.6) is 0 Å². The van der Waals surface area contributed by atoms with E-state index in [9.17, 15) is 24.8 Å². The van der Waals surface area contributed by atoms with Gasteiger partial charge in [-0.05, 0) is 24.1 Å². The maximum Gasteiger partial charge on any atom is 0.123 e. The largest absolute Gasteiger partial charge is 0.395 e. The van der Waals surface area contributed by atoms with E-state index in [0.717, 1.165) is 5.56 Å². The fraction of sp³-hybridized carbons (Fsp3) is 0.571. The lowest BCUT2D eigenvalue weighted by molar-refractivity contribution is -0.144. The van der Waals surface area contributed by atoms with Gasteiger partial charge < -0.3 is 20.4 Å². The van der Waals surface area contributed by atoms with Crippen LogP contribution in [0.25, 0.3) is 0 Å². The molecule has 0 aromatic heterocycles. The van der Waals surface area contributed by atoms with E-state index in [2.05, 4.69) is 0 Å².